The second kappa shape index (κ2) is 2.74. The van der Waals surface area contributed by atoms with Crippen molar-refractivity contribution in [1.29, 1.82) is 0 Å². The van der Waals surface area contributed by atoms with Gasteiger partial charge in [-0.1, -0.05) is 24.3 Å². The molecule has 0 bridgehead atoms. The van der Waals surface area contributed by atoms with Crippen LogP contribution in [0, 0.1) is 0 Å². The molecule has 2 N–H and O–H groups in total. The number of fused-ring (bicyclic) bond motifs is 3. The molecule has 3 heteroatoms. The normalized spacial score (nSPS) is 24.1. The Balaban J connectivity index is 2.05. The second-order valence-corrected chi connectivity index (χ2v) is 3.86. The number of hydrogen-bond acceptors (Lipinski definition) is 3. The topological polar surface area (TPSA) is 41.6 Å². The summed E-state index contributed by atoms with van der Waals surface area (Å²) in [6, 6.07) is 9.01. The van der Waals surface area contributed by atoms with E-state index in [4.69, 9.17) is 5.73 Å². The second-order valence-electron chi connectivity index (χ2n) is 3.86. The molecule has 1 aromatic rings. The standard InChI is InChI=1S/C11H13N3/c12-11-13-7-10-9-4-2-1-3-8(9)5-6-14(10)11/h1-4,10H,5-7H2,(H2,12,13). The minimum Gasteiger partial charge on any atom is -0.370 e. The van der Waals surface area contributed by atoms with Crippen molar-refractivity contribution in [3.8, 4) is 0 Å². The van der Waals surface area contributed by atoms with Crippen molar-refractivity contribution in [1.82, 2.24) is 4.90 Å². The average Bonchev–Trinajstić information content (AvgIpc) is 2.61. The third-order valence-electron chi connectivity index (χ3n) is 3.13. The Morgan fingerprint density at radius 2 is 2.21 bits per heavy atom. The van der Waals surface area contributed by atoms with Gasteiger partial charge in [-0.15, -0.1) is 0 Å². The lowest BCUT2D eigenvalue weighted by molar-refractivity contribution is 0.329. The lowest BCUT2D eigenvalue weighted by Crippen LogP contribution is -2.40. The summed E-state index contributed by atoms with van der Waals surface area (Å²) < 4.78 is 0. The van der Waals surface area contributed by atoms with E-state index in [1.54, 1.807) is 0 Å². The van der Waals surface area contributed by atoms with E-state index in [-0.39, 0.29) is 0 Å². The lowest BCUT2D eigenvalue weighted by atomic mass is 9.93. The van der Waals surface area contributed by atoms with E-state index in [2.05, 4.69) is 34.2 Å². The summed E-state index contributed by atoms with van der Waals surface area (Å²) in [7, 11) is 0. The van der Waals surface area contributed by atoms with Gasteiger partial charge in [-0.2, -0.15) is 0 Å². The molecule has 0 saturated heterocycles. The van der Waals surface area contributed by atoms with Crippen LogP contribution in [0.2, 0.25) is 0 Å². The number of guanidine groups is 1. The van der Waals surface area contributed by atoms with E-state index < -0.39 is 0 Å². The van der Waals surface area contributed by atoms with Gasteiger partial charge in [0.15, 0.2) is 5.96 Å². The van der Waals surface area contributed by atoms with E-state index in [0.717, 1.165) is 19.5 Å². The van der Waals surface area contributed by atoms with Crippen LogP contribution >= 0.6 is 0 Å². The summed E-state index contributed by atoms with van der Waals surface area (Å²) >= 11 is 0. The zero-order valence-corrected chi connectivity index (χ0v) is 7.98. The maximum atomic E-state index is 5.82. The third kappa shape index (κ3) is 0.953. The van der Waals surface area contributed by atoms with Crippen molar-refractivity contribution in [2.75, 3.05) is 13.1 Å². The molecule has 0 saturated carbocycles. The molecule has 2 aliphatic rings. The Bertz CT molecular complexity index is 397. The van der Waals surface area contributed by atoms with E-state index in [0.29, 0.717) is 12.0 Å². The first kappa shape index (κ1) is 7.85. The molecule has 0 aromatic heterocycles. The fraction of sp³-hybridized carbons (Fsp3) is 0.364. The molecule has 0 spiro atoms. The van der Waals surface area contributed by atoms with Crippen LogP contribution in [0.5, 0.6) is 0 Å². The van der Waals surface area contributed by atoms with Crippen LogP contribution in [0.15, 0.2) is 29.3 Å². The summed E-state index contributed by atoms with van der Waals surface area (Å²) in [5, 5.41) is 0. The summed E-state index contributed by atoms with van der Waals surface area (Å²) in [5.41, 5.74) is 8.69. The molecule has 0 aliphatic carbocycles. The van der Waals surface area contributed by atoms with Crippen molar-refractivity contribution >= 4 is 5.96 Å². The summed E-state index contributed by atoms with van der Waals surface area (Å²) in [6.45, 7) is 1.83. The van der Waals surface area contributed by atoms with Gasteiger partial charge in [-0.05, 0) is 17.5 Å². The molecule has 0 fully saturated rings. The molecule has 2 aliphatic heterocycles. The third-order valence-corrected chi connectivity index (χ3v) is 3.13. The smallest absolute Gasteiger partial charge is 0.191 e. The van der Waals surface area contributed by atoms with Crippen molar-refractivity contribution in [3.05, 3.63) is 35.4 Å². The first-order chi connectivity index (χ1) is 6.86. The van der Waals surface area contributed by atoms with Gasteiger partial charge in [0.2, 0.25) is 0 Å². The highest BCUT2D eigenvalue weighted by atomic mass is 15.3. The Kier molecular flexibility index (Phi) is 1.54. The maximum Gasteiger partial charge on any atom is 0.191 e. The van der Waals surface area contributed by atoms with Gasteiger partial charge in [0.25, 0.3) is 0 Å². The monoisotopic (exact) mass is 187 g/mol. The van der Waals surface area contributed by atoms with Gasteiger partial charge in [-0.25, -0.2) is 0 Å². The zero-order valence-electron chi connectivity index (χ0n) is 7.98. The lowest BCUT2D eigenvalue weighted by Gasteiger charge is -2.32. The Labute approximate surface area is 83.2 Å². The fourth-order valence-corrected chi connectivity index (χ4v) is 2.39. The van der Waals surface area contributed by atoms with E-state index in [1.165, 1.54) is 11.1 Å². The summed E-state index contributed by atoms with van der Waals surface area (Å²) in [4.78, 5) is 6.51. The number of nitrogens with two attached hydrogens (primary N) is 1. The highest BCUT2D eigenvalue weighted by Gasteiger charge is 2.31. The quantitative estimate of drug-likeness (QED) is 0.656. The van der Waals surface area contributed by atoms with E-state index >= 15 is 0 Å². The van der Waals surface area contributed by atoms with E-state index in [9.17, 15) is 0 Å². The average molecular weight is 187 g/mol. The molecule has 0 amide bonds. The fourth-order valence-electron chi connectivity index (χ4n) is 2.39. The maximum absolute atomic E-state index is 5.82. The van der Waals surface area contributed by atoms with Gasteiger partial charge in [0.1, 0.15) is 0 Å². The molecule has 72 valence electrons. The number of aliphatic imine (C=N–C) groups is 1. The molecule has 2 heterocycles. The molecule has 1 atom stereocenters. The summed E-state index contributed by atoms with van der Waals surface area (Å²) in [5.74, 6) is 0.713. The molecule has 3 rings (SSSR count). The first-order valence-electron chi connectivity index (χ1n) is 5.00. The number of benzene rings is 1. The van der Waals surface area contributed by atoms with Crippen LogP contribution in [0.25, 0.3) is 0 Å². The van der Waals surface area contributed by atoms with Crippen LogP contribution in [-0.4, -0.2) is 23.9 Å². The highest BCUT2D eigenvalue weighted by Crippen LogP contribution is 2.32. The van der Waals surface area contributed by atoms with E-state index in [1.807, 2.05) is 0 Å². The molecular weight excluding hydrogens is 174 g/mol. The Morgan fingerprint density at radius 1 is 1.36 bits per heavy atom. The van der Waals surface area contributed by atoms with Gasteiger partial charge in [0.05, 0.1) is 12.6 Å². The number of hydrogen-bond donors (Lipinski definition) is 1. The highest BCUT2D eigenvalue weighted by molar-refractivity contribution is 5.80. The molecule has 0 radical (unpaired) electrons. The first-order valence-corrected chi connectivity index (χ1v) is 5.00. The minimum absolute atomic E-state index is 0.403. The summed E-state index contributed by atoms with van der Waals surface area (Å²) in [6.07, 6.45) is 1.09. The number of nitrogens with zero attached hydrogens (tertiary/aromatic N) is 2. The molecule has 1 unspecified atom stereocenters. The molecule has 1 aromatic carbocycles. The van der Waals surface area contributed by atoms with Gasteiger partial charge in [-0.3, -0.25) is 4.99 Å². The Morgan fingerprint density at radius 3 is 3.14 bits per heavy atom. The van der Waals surface area contributed by atoms with Crippen LogP contribution < -0.4 is 5.73 Å². The number of rotatable bonds is 0. The van der Waals surface area contributed by atoms with Crippen LogP contribution in [0.1, 0.15) is 17.2 Å². The van der Waals surface area contributed by atoms with Crippen LogP contribution in [0.3, 0.4) is 0 Å². The van der Waals surface area contributed by atoms with Gasteiger partial charge in [0, 0.05) is 6.54 Å². The zero-order chi connectivity index (χ0) is 9.54. The van der Waals surface area contributed by atoms with Crippen molar-refractivity contribution < 1.29 is 0 Å². The van der Waals surface area contributed by atoms with Crippen LogP contribution in [-0.2, 0) is 6.42 Å². The molecular formula is C11H13N3. The minimum atomic E-state index is 0.403. The molecule has 3 nitrogen and oxygen atoms in total. The van der Waals surface area contributed by atoms with Gasteiger partial charge < -0.3 is 10.6 Å². The largest absolute Gasteiger partial charge is 0.370 e. The van der Waals surface area contributed by atoms with Crippen molar-refractivity contribution in [2.24, 2.45) is 10.7 Å². The Hall–Kier alpha value is -1.51. The van der Waals surface area contributed by atoms with Gasteiger partial charge >= 0.3 is 0 Å². The predicted octanol–water partition coefficient (Wildman–Crippen LogP) is 0.914. The van der Waals surface area contributed by atoms with Crippen molar-refractivity contribution in [2.45, 2.75) is 12.5 Å². The predicted molar refractivity (Wildman–Crippen MR) is 56.1 cm³/mol. The SMILES string of the molecule is NC1=NCC2c3ccccc3CCN12. The van der Waals surface area contributed by atoms with Crippen LogP contribution in [0.4, 0.5) is 0 Å². The van der Waals surface area contributed by atoms with Crippen molar-refractivity contribution in [3.63, 3.8) is 0 Å². The molecule has 14 heavy (non-hydrogen) atoms.